The zero-order chi connectivity index (χ0) is 34.2. The number of phenols is 1. The first-order valence-corrected chi connectivity index (χ1v) is 15.3. The Hall–Kier alpha value is -5.00. The maximum Gasteiger partial charge on any atom is 0.270 e. The number of carbonyl (C=O) groups excluding carboxylic acids is 3. The summed E-state index contributed by atoms with van der Waals surface area (Å²) in [6.07, 6.45) is -0.145. The first-order chi connectivity index (χ1) is 21.3. The summed E-state index contributed by atoms with van der Waals surface area (Å²) >= 11 is 0. The number of hydrogen-bond donors (Lipinski definition) is 6. The summed E-state index contributed by atoms with van der Waals surface area (Å²) in [5, 5.41) is 57.0. The largest absolute Gasteiger partial charge is 0.508 e. The molecule has 2 aromatic rings. The Balaban J connectivity index is 1.70. The number of primary amides is 1. The van der Waals surface area contributed by atoms with Crippen molar-refractivity contribution in [3.8, 4) is 5.75 Å². The van der Waals surface area contributed by atoms with E-state index in [-0.39, 0.29) is 18.4 Å². The van der Waals surface area contributed by atoms with Crippen molar-refractivity contribution in [3.63, 3.8) is 0 Å². The van der Waals surface area contributed by atoms with E-state index in [4.69, 9.17) is 5.73 Å². The van der Waals surface area contributed by atoms with Crippen LogP contribution in [0.25, 0.3) is 5.76 Å². The molecule has 2 unspecified atom stereocenters. The smallest absolute Gasteiger partial charge is 0.270 e. The number of carbonyl (C=O) groups is 3. The number of nitrogens with one attached hydrogen (secondary N) is 1. The lowest BCUT2D eigenvalue weighted by molar-refractivity contribution is -0.385. The molecular formula is C29H31N5O11S. The van der Waals surface area contributed by atoms with Gasteiger partial charge in [-0.15, -0.1) is 0 Å². The maximum atomic E-state index is 14.1. The molecule has 0 bridgehead atoms. The van der Waals surface area contributed by atoms with Crippen molar-refractivity contribution in [2.75, 3.05) is 37.8 Å². The van der Waals surface area contributed by atoms with Gasteiger partial charge in [-0.05, 0) is 50.6 Å². The highest BCUT2D eigenvalue weighted by Crippen LogP contribution is 2.54. The lowest BCUT2D eigenvalue weighted by atomic mass is 9.57. The molecule has 0 saturated heterocycles. The Bertz CT molecular complexity index is 1920. The van der Waals surface area contributed by atoms with Crippen molar-refractivity contribution >= 4 is 50.3 Å². The Labute approximate surface area is 262 Å². The average molecular weight is 658 g/mol. The van der Waals surface area contributed by atoms with E-state index in [0.29, 0.717) is 11.3 Å². The van der Waals surface area contributed by atoms with Crippen LogP contribution in [0.4, 0.5) is 17.1 Å². The number of anilines is 2. The minimum Gasteiger partial charge on any atom is -0.508 e. The second-order valence-corrected chi connectivity index (χ2v) is 13.5. The van der Waals surface area contributed by atoms with Crippen LogP contribution in [0.5, 0.6) is 5.75 Å². The van der Waals surface area contributed by atoms with Gasteiger partial charge in [0.05, 0.1) is 27.1 Å². The number of benzene rings is 2. The highest BCUT2D eigenvalue weighted by molar-refractivity contribution is 7.92. The number of hydrogen-bond acceptors (Lipinski definition) is 13. The van der Waals surface area contributed by atoms with Gasteiger partial charge in [-0.3, -0.25) is 34.1 Å². The number of nitro groups is 1. The number of ketones is 2. The number of rotatable bonds is 7. The third kappa shape index (κ3) is 4.65. The number of likely N-dealkylation sites (N-methyl/N-ethyl adjacent to an activating group) is 1. The first kappa shape index (κ1) is 32.4. The number of aliphatic hydroxyl groups excluding tert-OH is 2. The van der Waals surface area contributed by atoms with E-state index in [0.717, 1.165) is 18.2 Å². The molecule has 7 N–H and O–H groups in total. The van der Waals surface area contributed by atoms with Crippen LogP contribution in [0.3, 0.4) is 0 Å². The molecule has 0 aliphatic heterocycles. The molecule has 17 heteroatoms. The summed E-state index contributed by atoms with van der Waals surface area (Å²) in [7, 11) is 1.67. The fourth-order valence-electron chi connectivity index (χ4n) is 6.74. The minimum atomic E-state index is -4.54. The number of nitrogens with two attached hydrogens (primary N) is 1. The molecule has 5 rings (SSSR count). The quantitative estimate of drug-likeness (QED) is 0.104. The van der Waals surface area contributed by atoms with Gasteiger partial charge in [0, 0.05) is 43.4 Å². The van der Waals surface area contributed by atoms with Crippen molar-refractivity contribution in [3.05, 3.63) is 68.5 Å². The first-order valence-electron chi connectivity index (χ1n) is 13.8. The SMILES string of the molecule is CN(C)c1cc(NS(=O)(=O)c2cccc([N+](=O)[O-])c2)c(O)c2c1CC1CC3[C@H](N(C)C)C(=O)C(C(N)=O)=C(O)[C@@]3(O)C(=O)C1=C2O. The van der Waals surface area contributed by atoms with E-state index in [1.165, 1.54) is 31.1 Å². The number of non-ortho nitro benzene ring substituents is 1. The third-order valence-electron chi connectivity index (χ3n) is 8.76. The van der Waals surface area contributed by atoms with Gasteiger partial charge < -0.3 is 31.1 Å². The summed E-state index contributed by atoms with van der Waals surface area (Å²) in [5.41, 5.74) is 0.520. The van der Waals surface area contributed by atoms with Gasteiger partial charge >= 0.3 is 0 Å². The lowest BCUT2D eigenvalue weighted by Crippen LogP contribution is -2.65. The van der Waals surface area contributed by atoms with Gasteiger partial charge in [0.15, 0.2) is 17.1 Å². The molecule has 3 aliphatic rings. The van der Waals surface area contributed by atoms with Gasteiger partial charge in [0.25, 0.3) is 21.6 Å². The normalized spacial score (nSPS) is 24.3. The van der Waals surface area contributed by atoms with Crippen LogP contribution in [0.1, 0.15) is 17.5 Å². The number of nitro benzene ring substituents is 1. The van der Waals surface area contributed by atoms with Crippen molar-refractivity contribution < 1.29 is 48.2 Å². The highest BCUT2D eigenvalue weighted by atomic mass is 32.2. The molecule has 3 aliphatic carbocycles. The van der Waals surface area contributed by atoms with Crippen molar-refractivity contribution in [2.45, 2.75) is 29.4 Å². The van der Waals surface area contributed by atoms with Gasteiger partial charge in [-0.25, -0.2) is 8.42 Å². The summed E-state index contributed by atoms with van der Waals surface area (Å²) < 4.78 is 28.7. The zero-order valence-electron chi connectivity index (χ0n) is 25.0. The molecule has 1 amide bonds. The molecular weight excluding hydrogens is 626 g/mol. The average Bonchev–Trinajstić information content (AvgIpc) is 2.95. The van der Waals surface area contributed by atoms with Crippen LogP contribution < -0.4 is 15.4 Å². The second-order valence-electron chi connectivity index (χ2n) is 11.9. The van der Waals surface area contributed by atoms with Gasteiger partial charge in [-0.2, -0.15) is 0 Å². The van der Waals surface area contributed by atoms with E-state index >= 15 is 0 Å². The second kappa shape index (κ2) is 10.8. The number of fused-ring (bicyclic) bond motifs is 3. The van der Waals surface area contributed by atoms with Crippen LogP contribution in [-0.2, 0) is 30.8 Å². The van der Waals surface area contributed by atoms with E-state index in [2.05, 4.69) is 4.72 Å². The highest BCUT2D eigenvalue weighted by Gasteiger charge is 2.64. The van der Waals surface area contributed by atoms with Gasteiger partial charge in [-0.1, -0.05) is 6.07 Å². The molecule has 2 aromatic carbocycles. The van der Waals surface area contributed by atoms with Crippen LogP contribution in [0.2, 0.25) is 0 Å². The van der Waals surface area contributed by atoms with Crippen molar-refractivity contribution in [2.24, 2.45) is 17.6 Å². The molecule has 16 nitrogen and oxygen atoms in total. The molecule has 1 fully saturated rings. The van der Waals surface area contributed by atoms with Crippen molar-refractivity contribution in [1.82, 2.24) is 4.90 Å². The van der Waals surface area contributed by atoms with E-state index < -0.39 is 101 Å². The number of phenolic OH excluding ortho intramolecular Hbond substituents is 1. The van der Waals surface area contributed by atoms with Gasteiger partial charge in [0.2, 0.25) is 5.78 Å². The molecule has 46 heavy (non-hydrogen) atoms. The van der Waals surface area contributed by atoms with Crippen LogP contribution in [0.15, 0.2) is 52.1 Å². The summed E-state index contributed by atoms with van der Waals surface area (Å²) in [4.78, 5) is 52.5. The standard InChI is InChI=1S/C29H31N5O11S/c1-32(2)18-11-17(31-46(44,45)14-7-5-6-13(10-14)34(42)43)23(35)20-15(18)8-12-9-16-22(33(3)4)25(37)21(28(30)40)27(39)29(16,41)26(38)19(12)24(20)36/h5-7,10-12,16,22,31,35-36,39,41H,8-9H2,1-4H3,(H2,30,40)/t12?,16?,22-,29-/m0/s1. The number of amides is 1. The fraction of sp³-hybridized carbons (Fsp3) is 0.345. The molecule has 0 radical (unpaired) electrons. The van der Waals surface area contributed by atoms with Crippen LogP contribution in [-0.4, -0.2) is 96.0 Å². The predicted octanol–water partition coefficient (Wildman–Crippen LogP) is 0.739. The number of sulfonamides is 1. The van der Waals surface area contributed by atoms with Crippen LogP contribution >= 0.6 is 0 Å². The topological polar surface area (TPSA) is 254 Å². The summed E-state index contributed by atoms with van der Waals surface area (Å²) in [6.45, 7) is 0. The Kier molecular flexibility index (Phi) is 7.62. The van der Waals surface area contributed by atoms with Gasteiger partial charge in [0.1, 0.15) is 17.1 Å². The monoisotopic (exact) mass is 657 g/mol. The maximum absolute atomic E-state index is 14.1. The van der Waals surface area contributed by atoms with Crippen molar-refractivity contribution in [1.29, 1.82) is 0 Å². The van der Waals surface area contributed by atoms with E-state index in [1.807, 2.05) is 0 Å². The Morgan fingerprint density at radius 1 is 1.13 bits per heavy atom. The van der Waals surface area contributed by atoms with Crippen LogP contribution in [0, 0.1) is 22.0 Å². The zero-order valence-corrected chi connectivity index (χ0v) is 25.8. The number of aromatic hydroxyl groups is 1. The molecule has 1 saturated carbocycles. The molecule has 244 valence electrons. The lowest BCUT2D eigenvalue weighted by Gasteiger charge is -2.50. The molecule has 4 atom stereocenters. The fourth-order valence-corrected chi connectivity index (χ4v) is 7.83. The molecule has 0 aromatic heterocycles. The number of aliphatic hydroxyl groups is 3. The summed E-state index contributed by atoms with van der Waals surface area (Å²) in [5.74, 6) is -8.40. The molecule has 0 heterocycles. The third-order valence-corrected chi connectivity index (χ3v) is 10.1. The van der Waals surface area contributed by atoms with E-state index in [9.17, 15) is 53.3 Å². The molecule has 0 spiro atoms. The number of Topliss-reactive ketones (excluding diaryl/α,β-unsaturated/α-hetero) is 2. The minimum absolute atomic E-state index is 0.0203. The summed E-state index contributed by atoms with van der Waals surface area (Å²) in [6, 6.07) is 4.24. The Morgan fingerprint density at radius 3 is 2.35 bits per heavy atom. The number of nitrogens with zero attached hydrogens (tertiary/aromatic N) is 3. The van der Waals surface area contributed by atoms with E-state index in [1.54, 1.807) is 19.0 Å². The predicted molar refractivity (Wildman–Crippen MR) is 162 cm³/mol. The Morgan fingerprint density at radius 2 is 1.78 bits per heavy atom.